The summed E-state index contributed by atoms with van der Waals surface area (Å²) in [6.45, 7) is 4.49. The molecule has 1 aliphatic heterocycles. The third kappa shape index (κ3) is 7.65. The number of hydrogen-bond donors (Lipinski definition) is 1. The molecule has 29 heavy (non-hydrogen) atoms. The summed E-state index contributed by atoms with van der Waals surface area (Å²) in [6.07, 6.45) is 3.12. The lowest BCUT2D eigenvalue weighted by Crippen LogP contribution is -2.40. The molecule has 0 amide bonds. The Balaban J connectivity index is 0.000000360. The second kappa shape index (κ2) is 11.1. The molecule has 1 fully saturated rings. The Morgan fingerprint density at radius 1 is 1.21 bits per heavy atom. The van der Waals surface area contributed by atoms with Crippen LogP contribution in [0.3, 0.4) is 0 Å². The van der Waals surface area contributed by atoms with Crippen molar-refractivity contribution in [1.82, 2.24) is 4.31 Å². The summed E-state index contributed by atoms with van der Waals surface area (Å²) in [5.41, 5.74) is 1.76. The maximum absolute atomic E-state index is 12.2. The molecule has 3 rings (SSSR count). The monoisotopic (exact) mass is 435 g/mol. The van der Waals surface area contributed by atoms with Gasteiger partial charge >= 0.3 is 5.97 Å². The van der Waals surface area contributed by atoms with Crippen LogP contribution in [0.25, 0.3) is 0 Å². The van der Waals surface area contributed by atoms with Gasteiger partial charge in [0.1, 0.15) is 0 Å². The molecule has 156 valence electrons. The van der Waals surface area contributed by atoms with Crippen molar-refractivity contribution < 1.29 is 18.3 Å². The van der Waals surface area contributed by atoms with Gasteiger partial charge in [0, 0.05) is 18.1 Å². The molecule has 0 radical (unpaired) electrons. The summed E-state index contributed by atoms with van der Waals surface area (Å²) in [6, 6.07) is 16.9. The van der Waals surface area contributed by atoms with E-state index in [2.05, 4.69) is 6.58 Å². The van der Waals surface area contributed by atoms with Gasteiger partial charge in [-0.2, -0.15) is 0 Å². The van der Waals surface area contributed by atoms with Gasteiger partial charge in [-0.15, -0.1) is 6.58 Å². The summed E-state index contributed by atoms with van der Waals surface area (Å²) in [7, 11) is -3.28. The van der Waals surface area contributed by atoms with Crippen LogP contribution in [0.15, 0.2) is 67.3 Å². The number of carbonyl (C=O) groups is 1. The number of aliphatic carboxylic acids is 1. The first-order valence-electron chi connectivity index (χ1n) is 9.41. The van der Waals surface area contributed by atoms with Crippen molar-refractivity contribution in [3.63, 3.8) is 0 Å². The smallest absolute Gasteiger partial charge is 0.307 e. The van der Waals surface area contributed by atoms with Crippen LogP contribution in [0.2, 0.25) is 5.02 Å². The number of rotatable bonds is 6. The van der Waals surface area contributed by atoms with E-state index in [4.69, 9.17) is 16.7 Å². The lowest BCUT2D eigenvalue weighted by atomic mass is 9.90. The Hall–Kier alpha value is -2.15. The zero-order valence-electron chi connectivity index (χ0n) is 16.2. The van der Waals surface area contributed by atoms with E-state index in [0.717, 1.165) is 29.0 Å². The van der Waals surface area contributed by atoms with Crippen molar-refractivity contribution in [2.24, 2.45) is 0 Å². The van der Waals surface area contributed by atoms with Crippen LogP contribution in [-0.2, 0) is 21.2 Å². The van der Waals surface area contributed by atoms with Gasteiger partial charge in [-0.05, 0) is 42.0 Å². The fourth-order valence-corrected chi connectivity index (χ4v) is 4.74. The fraction of sp³-hybridized carbons (Fsp3) is 0.318. The van der Waals surface area contributed by atoms with Gasteiger partial charge in [0.2, 0.25) is 10.0 Å². The molecule has 0 saturated carbocycles. The van der Waals surface area contributed by atoms with E-state index in [-0.39, 0.29) is 18.1 Å². The Labute approximate surface area is 177 Å². The molecule has 1 heterocycles. The second-order valence-electron chi connectivity index (χ2n) is 6.88. The molecule has 1 saturated heterocycles. The summed E-state index contributed by atoms with van der Waals surface area (Å²) in [5.74, 6) is -0.795. The summed E-state index contributed by atoms with van der Waals surface area (Å²) >= 11 is 5.54. The second-order valence-corrected chi connectivity index (χ2v) is 9.33. The Kier molecular flexibility index (Phi) is 8.89. The average molecular weight is 436 g/mol. The first kappa shape index (κ1) is 23.1. The van der Waals surface area contributed by atoms with E-state index >= 15 is 0 Å². The molecule has 0 aromatic heterocycles. The minimum Gasteiger partial charge on any atom is -0.481 e. The lowest BCUT2D eigenvalue weighted by molar-refractivity contribution is -0.136. The Bertz CT molecular complexity index is 915. The molecular weight excluding hydrogens is 410 g/mol. The van der Waals surface area contributed by atoms with Gasteiger partial charge in [-0.25, -0.2) is 12.7 Å². The SMILES string of the molecule is C=CCS(=O)(=O)N1CCCC(c2cccc(CC(=O)O)c2)C1.Clc1ccccc1. The highest BCUT2D eigenvalue weighted by Crippen LogP contribution is 2.29. The van der Waals surface area contributed by atoms with Gasteiger partial charge in [0.05, 0.1) is 12.2 Å². The molecule has 1 unspecified atom stereocenters. The number of carboxylic acids is 1. The molecule has 0 spiro atoms. The number of carboxylic acid groups (broad SMARTS) is 1. The third-order valence-corrected chi connectivity index (χ3v) is 6.64. The maximum atomic E-state index is 12.2. The average Bonchev–Trinajstić information content (AvgIpc) is 2.69. The number of sulfonamides is 1. The van der Waals surface area contributed by atoms with Crippen LogP contribution in [-0.4, -0.2) is 42.6 Å². The van der Waals surface area contributed by atoms with E-state index < -0.39 is 16.0 Å². The van der Waals surface area contributed by atoms with Gasteiger partial charge in [0.25, 0.3) is 0 Å². The zero-order chi connectivity index (χ0) is 21.3. The van der Waals surface area contributed by atoms with Crippen molar-refractivity contribution >= 4 is 27.6 Å². The summed E-state index contributed by atoms with van der Waals surface area (Å²) in [4.78, 5) is 10.8. The molecule has 1 atom stereocenters. The Morgan fingerprint density at radius 3 is 2.52 bits per heavy atom. The number of halogens is 1. The molecular formula is C22H26ClNO4S. The number of nitrogens with zero attached hydrogens (tertiary/aromatic N) is 1. The molecule has 1 aliphatic rings. The van der Waals surface area contributed by atoms with Crippen LogP contribution in [0.1, 0.15) is 29.9 Å². The summed E-state index contributed by atoms with van der Waals surface area (Å²) in [5, 5.41) is 9.67. The van der Waals surface area contributed by atoms with E-state index in [1.807, 2.05) is 48.5 Å². The van der Waals surface area contributed by atoms with E-state index in [1.54, 1.807) is 6.07 Å². The molecule has 0 bridgehead atoms. The minimum absolute atomic E-state index is 0.0148. The maximum Gasteiger partial charge on any atom is 0.307 e. The number of hydrogen-bond acceptors (Lipinski definition) is 3. The molecule has 0 aliphatic carbocycles. The minimum atomic E-state index is -3.28. The molecule has 2 aromatic rings. The van der Waals surface area contributed by atoms with Crippen molar-refractivity contribution in [3.8, 4) is 0 Å². The van der Waals surface area contributed by atoms with Crippen LogP contribution in [0, 0.1) is 0 Å². The van der Waals surface area contributed by atoms with Gasteiger partial charge in [-0.1, -0.05) is 60.1 Å². The van der Waals surface area contributed by atoms with Crippen LogP contribution in [0.4, 0.5) is 0 Å². The van der Waals surface area contributed by atoms with Gasteiger partial charge in [-0.3, -0.25) is 4.79 Å². The zero-order valence-corrected chi connectivity index (χ0v) is 17.8. The number of benzene rings is 2. The van der Waals surface area contributed by atoms with E-state index in [9.17, 15) is 13.2 Å². The lowest BCUT2D eigenvalue weighted by Gasteiger charge is -2.32. The predicted octanol–water partition coefficient (Wildman–Crippen LogP) is 4.35. The predicted molar refractivity (Wildman–Crippen MR) is 117 cm³/mol. The van der Waals surface area contributed by atoms with Gasteiger partial charge in [0.15, 0.2) is 0 Å². The standard InChI is InChI=1S/C16H21NO4S.C6H5Cl/c1-2-9-22(20,21)17-8-4-7-15(12-17)14-6-3-5-13(10-14)11-16(18)19;7-6-4-2-1-3-5-6/h2-3,5-6,10,15H,1,4,7-9,11-12H2,(H,18,19);1-5H. The Morgan fingerprint density at radius 2 is 1.93 bits per heavy atom. The first-order chi connectivity index (χ1) is 13.8. The van der Waals surface area contributed by atoms with Crippen LogP contribution >= 0.6 is 11.6 Å². The van der Waals surface area contributed by atoms with Crippen molar-refractivity contribution in [2.75, 3.05) is 18.8 Å². The quantitative estimate of drug-likeness (QED) is 0.684. The topological polar surface area (TPSA) is 74.7 Å². The van der Waals surface area contributed by atoms with Crippen LogP contribution < -0.4 is 0 Å². The normalized spacial score (nSPS) is 17.1. The van der Waals surface area contributed by atoms with Crippen molar-refractivity contribution in [1.29, 1.82) is 0 Å². The largest absolute Gasteiger partial charge is 0.481 e. The van der Waals surface area contributed by atoms with Crippen molar-refractivity contribution in [3.05, 3.63) is 83.4 Å². The summed E-state index contributed by atoms with van der Waals surface area (Å²) < 4.78 is 25.8. The molecule has 5 nitrogen and oxygen atoms in total. The van der Waals surface area contributed by atoms with Crippen LogP contribution in [0.5, 0.6) is 0 Å². The fourth-order valence-electron chi connectivity index (χ4n) is 3.27. The molecule has 2 aromatic carbocycles. The highest BCUT2D eigenvalue weighted by atomic mass is 35.5. The van der Waals surface area contributed by atoms with Crippen molar-refractivity contribution in [2.45, 2.75) is 25.2 Å². The third-order valence-electron chi connectivity index (χ3n) is 4.62. The van der Waals surface area contributed by atoms with Gasteiger partial charge < -0.3 is 5.11 Å². The molecule has 7 heteroatoms. The van der Waals surface area contributed by atoms with E-state index in [1.165, 1.54) is 10.4 Å². The molecule has 1 N–H and O–H groups in total. The van der Waals surface area contributed by atoms with E-state index in [0.29, 0.717) is 13.1 Å². The highest BCUT2D eigenvalue weighted by Gasteiger charge is 2.28. The highest BCUT2D eigenvalue weighted by molar-refractivity contribution is 7.89. The number of piperidine rings is 1. The first-order valence-corrected chi connectivity index (χ1v) is 11.4.